The number of rotatable bonds is 4. The van der Waals surface area contributed by atoms with Gasteiger partial charge in [0.25, 0.3) is 0 Å². The minimum Gasteiger partial charge on any atom is -0.497 e. The van der Waals surface area contributed by atoms with Crippen LogP contribution in [0.25, 0.3) is 0 Å². The van der Waals surface area contributed by atoms with E-state index in [0.29, 0.717) is 12.0 Å². The van der Waals surface area contributed by atoms with Crippen molar-refractivity contribution in [2.24, 2.45) is 5.73 Å². The van der Waals surface area contributed by atoms with Gasteiger partial charge in [-0.3, -0.25) is 0 Å². The van der Waals surface area contributed by atoms with E-state index >= 15 is 0 Å². The molecule has 1 aromatic rings. The van der Waals surface area contributed by atoms with Crippen LogP contribution in [0.5, 0.6) is 5.75 Å². The monoisotopic (exact) mass is 209 g/mol. The maximum atomic E-state index is 13.1. The predicted molar refractivity (Wildman–Crippen MR) is 59.6 cm³/mol. The first-order chi connectivity index (χ1) is 7.17. The second kappa shape index (κ2) is 5.51. The van der Waals surface area contributed by atoms with Gasteiger partial charge in [0.05, 0.1) is 7.11 Å². The third kappa shape index (κ3) is 3.36. The fourth-order valence-electron chi connectivity index (χ4n) is 1.36. The average molecular weight is 209 g/mol. The highest BCUT2D eigenvalue weighted by molar-refractivity contribution is 5.31. The smallest absolute Gasteiger partial charge is 0.119 e. The molecule has 15 heavy (non-hydrogen) atoms. The molecule has 0 atom stereocenters. The van der Waals surface area contributed by atoms with Gasteiger partial charge in [0.15, 0.2) is 0 Å². The number of methoxy groups -OCH3 is 1. The Labute approximate surface area is 89.6 Å². The van der Waals surface area contributed by atoms with Crippen LogP contribution in [0.1, 0.15) is 12.5 Å². The van der Waals surface area contributed by atoms with Crippen molar-refractivity contribution in [2.75, 3.05) is 13.7 Å². The fraction of sp³-hybridized carbons (Fsp3) is 0.333. The Hall–Kier alpha value is -1.35. The van der Waals surface area contributed by atoms with E-state index in [2.05, 4.69) is 0 Å². The van der Waals surface area contributed by atoms with Crippen molar-refractivity contribution in [1.29, 1.82) is 0 Å². The van der Waals surface area contributed by atoms with E-state index in [1.54, 1.807) is 14.0 Å². The van der Waals surface area contributed by atoms with Crippen LogP contribution in [0.3, 0.4) is 0 Å². The largest absolute Gasteiger partial charge is 0.497 e. The van der Waals surface area contributed by atoms with Crippen molar-refractivity contribution < 1.29 is 9.13 Å². The summed E-state index contributed by atoms with van der Waals surface area (Å²) in [6, 6.07) is 7.59. The van der Waals surface area contributed by atoms with Gasteiger partial charge in [-0.2, -0.15) is 0 Å². The molecule has 0 spiro atoms. The Morgan fingerprint density at radius 3 is 2.80 bits per heavy atom. The molecule has 0 aliphatic heterocycles. The molecule has 0 aliphatic carbocycles. The first-order valence-electron chi connectivity index (χ1n) is 4.84. The number of halogens is 1. The van der Waals surface area contributed by atoms with Gasteiger partial charge in [0.2, 0.25) is 0 Å². The van der Waals surface area contributed by atoms with E-state index in [9.17, 15) is 4.39 Å². The molecule has 1 rings (SSSR count). The third-order valence-electron chi connectivity index (χ3n) is 2.25. The molecule has 0 radical (unpaired) electrons. The molecule has 0 aromatic heterocycles. The minimum atomic E-state index is -0.238. The van der Waals surface area contributed by atoms with Crippen LogP contribution in [0, 0.1) is 0 Å². The Balaban J connectivity index is 2.81. The molecule has 3 heteroatoms. The summed E-state index contributed by atoms with van der Waals surface area (Å²) in [7, 11) is 1.61. The van der Waals surface area contributed by atoms with Gasteiger partial charge in [-0.15, -0.1) is 0 Å². The maximum Gasteiger partial charge on any atom is 0.119 e. The van der Waals surface area contributed by atoms with Gasteiger partial charge in [0, 0.05) is 6.54 Å². The van der Waals surface area contributed by atoms with Gasteiger partial charge in [0.1, 0.15) is 11.6 Å². The second-order valence-corrected chi connectivity index (χ2v) is 3.42. The SMILES string of the molecule is COc1cccc(CC(C)=C(F)CN)c1. The molecule has 0 unspecified atom stereocenters. The molecule has 2 nitrogen and oxygen atoms in total. The number of hydrogen-bond acceptors (Lipinski definition) is 2. The summed E-state index contributed by atoms with van der Waals surface area (Å²) in [5.74, 6) is 0.547. The number of nitrogens with two attached hydrogens (primary N) is 1. The highest BCUT2D eigenvalue weighted by atomic mass is 19.1. The first kappa shape index (κ1) is 11.7. The lowest BCUT2D eigenvalue weighted by Gasteiger charge is -2.05. The van der Waals surface area contributed by atoms with Crippen LogP contribution in [0.15, 0.2) is 35.7 Å². The van der Waals surface area contributed by atoms with Crippen LogP contribution >= 0.6 is 0 Å². The summed E-state index contributed by atoms with van der Waals surface area (Å²) in [5.41, 5.74) is 6.92. The molecule has 0 bridgehead atoms. The molecule has 0 amide bonds. The minimum absolute atomic E-state index is 0.0319. The number of hydrogen-bond donors (Lipinski definition) is 1. The van der Waals surface area contributed by atoms with Crippen LogP contribution in [0.4, 0.5) is 4.39 Å². The number of benzene rings is 1. The summed E-state index contributed by atoms with van der Waals surface area (Å²) in [6.45, 7) is 1.72. The molecular weight excluding hydrogens is 193 g/mol. The third-order valence-corrected chi connectivity index (χ3v) is 2.25. The van der Waals surface area contributed by atoms with Crippen molar-refractivity contribution in [2.45, 2.75) is 13.3 Å². The molecule has 0 saturated heterocycles. The normalized spacial score (nSPS) is 12.3. The van der Waals surface area contributed by atoms with E-state index < -0.39 is 0 Å². The molecular formula is C12H16FNO. The van der Waals surface area contributed by atoms with Crippen molar-refractivity contribution in [3.63, 3.8) is 0 Å². The van der Waals surface area contributed by atoms with E-state index in [1.165, 1.54) is 0 Å². The lowest BCUT2D eigenvalue weighted by Crippen LogP contribution is -2.02. The molecule has 0 fully saturated rings. The molecule has 0 heterocycles. The van der Waals surface area contributed by atoms with Gasteiger partial charge >= 0.3 is 0 Å². The van der Waals surface area contributed by atoms with Gasteiger partial charge in [-0.1, -0.05) is 12.1 Å². The molecule has 1 aromatic carbocycles. The Morgan fingerprint density at radius 1 is 1.47 bits per heavy atom. The fourth-order valence-corrected chi connectivity index (χ4v) is 1.36. The van der Waals surface area contributed by atoms with Crippen LogP contribution in [0.2, 0.25) is 0 Å². The van der Waals surface area contributed by atoms with Gasteiger partial charge in [-0.25, -0.2) is 4.39 Å². The van der Waals surface area contributed by atoms with Gasteiger partial charge in [-0.05, 0) is 36.6 Å². The molecule has 82 valence electrons. The van der Waals surface area contributed by atoms with Crippen molar-refractivity contribution in [1.82, 2.24) is 0 Å². The van der Waals surface area contributed by atoms with Crippen LogP contribution < -0.4 is 10.5 Å². The topological polar surface area (TPSA) is 35.2 Å². The van der Waals surface area contributed by atoms with E-state index in [1.807, 2.05) is 24.3 Å². The Bertz CT molecular complexity index is 360. The number of allylic oxidation sites excluding steroid dienone is 1. The quantitative estimate of drug-likeness (QED) is 0.826. The Morgan fingerprint density at radius 2 is 2.20 bits per heavy atom. The molecule has 0 saturated carbocycles. The highest BCUT2D eigenvalue weighted by Gasteiger charge is 2.02. The second-order valence-electron chi connectivity index (χ2n) is 3.42. The summed E-state index contributed by atoms with van der Waals surface area (Å²) in [4.78, 5) is 0. The van der Waals surface area contributed by atoms with Crippen LogP contribution in [-0.4, -0.2) is 13.7 Å². The average Bonchev–Trinajstić information content (AvgIpc) is 2.28. The number of ether oxygens (including phenoxy) is 1. The summed E-state index contributed by atoms with van der Waals surface area (Å²) in [5, 5.41) is 0. The van der Waals surface area contributed by atoms with E-state index in [0.717, 1.165) is 11.3 Å². The predicted octanol–water partition coefficient (Wildman–Crippen LogP) is 2.44. The zero-order valence-corrected chi connectivity index (χ0v) is 9.09. The van der Waals surface area contributed by atoms with Crippen LogP contribution in [-0.2, 0) is 6.42 Å². The van der Waals surface area contributed by atoms with E-state index in [4.69, 9.17) is 10.5 Å². The zero-order chi connectivity index (χ0) is 11.3. The van der Waals surface area contributed by atoms with Crippen molar-refractivity contribution >= 4 is 0 Å². The zero-order valence-electron chi connectivity index (χ0n) is 9.09. The van der Waals surface area contributed by atoms with E-state index in [-0.39, 0.29) is 12.4 Å². The highest BCUT2D eigenvalue weighted by Crippen LogP contribution is 2.17. The van der Waals surface area contributed by atoms with Gasteiger partial charge < -0.3 is 10.5 Å². The summed E-state index contributed by atoms with van der Waals surface area (Å²) >= 11 is 0. The summed E-state index contributed by atoms with van der Waals surface area (Å²) in [6.07, 6.45) is 0.570. The lowest BCUT2D eigenvalue weighted by atomic mass is 10.1. The summed E-state index contributed by atoms with van der Waals surface area (Å²) < 4.78 is 18.2. The standard InChI is InChI=1S/C12H16FNO/c1-9(12(13)8-14)6-10-4-3-5-11(7-10)15-2/h3-5,7H,6,8,14H2,1-2H3. The van der Waals surface area contributed by atoms with Crippen molar-refractivity contribution in [3.05, 3.63) is 41.2 Å². The Kier molecular flexibility index (Phi) is 4.31. The lowest BCUT2D eigenvalue weighted by molar-refractivity contribution is 0.414. The maximum absolute atomic E-state index is 13.1. The first-order valence-corrected chi connectivity index (χ1v) is 4.84. The molecule has 0 aliphatic rings. The van der Waals surface area contributed by atoms with Crippen molar-refractivity contribution in [3.8, 4) is 5.75 Å². The molecule has 2 N–H and O–H groups in total.